The average Bonchev–Trinajstić information content (AvgIpc) is 1.21. The van der Waals surface area contributed by atoms with Gasteiger partial charge in [-0.25, -0.2) is 19.2 Å². The van der Waals surface area contributed by atoms with Gasteiger partial charge in [0.1, 0.15) is 75.3 Å². The molecule has 12 atom stereocenters. The first-order chi connectivity index (χ1) is 46.9. The number of hydrogen-bond donors (Lipinski definition) is 16. The fourth-order valence-corrected chi connectivity index (χ4v) is 7.55. The molecular formula is C54H92GdN9O37. The van der Waals surface area contributed by atoms with E-state index in [2.05, 4.69) is 20.6 Å². The second kappa shape index (κ2) is 59.1. The Morgan fingerprint density at radius 1 is 0.327 bits per heavy atom. The summed E-state index contributed by atoms with van der Waals surface area (Å²) in [4.78, 5) is 138. The second-order valence-corrected chi connectivity index (χ2v) is 20.9. The van der Waals surface area contributed by atoms with Gasteiger partial charge in [-0.05, 0) is 0 Å². The largest absolute Gasteiger partial charge is 3.00 e. The third kappa shape index (κ3) is 48.3. The molecule has 18 N–H and O–H groups in total. The Hall–Kier alpha value is -6.37. The molecule has 101 heavy (non-hydrogen) atoms. The van der Waals surface area contributed by atoms with Gasteiger partial charge in [-0.2, -0.15) is 0 Å². The fraction of sp³-hybridized carbons (Fsp3) is 0.759. The molecule has 0 saturated carbocycles. The van der Waals surface area contributed by atoms with Gasteiger partial charge in [-0.1, -0.05) is 20.6 Å². The number of ether oxygens (including phenoxy) is 4. The molecule has 47 heteroatoms. The first-order valence-electron chi connectivity index (χ1n) is 30.0. The number of aliphatic hydroxyl groups is 16. The van der Waals surface area contributed by atoms with E-state index in [1.165, 1.54) is 0 Å². The maximum absolute atomic E-state index is 13.9. The van der Waals surface area contributed by atoms with Crippen LogP contribution in [0.4, 0.5) is 0 Å². The van der Waals surface area contributed by atoms with Gasteiger partial charge in [0, 0.05) is 96.4 Å². The number of carboxylic acids is 3. The number of nitrogens with zero attached hydrogens (tertiary/aromatic N) is 9. The number of esters is 4. The number of amides is 2. The van der Waals surface area contributed by atoms with Crippen molar-refractivity contribution in [1.29, 1.82) is 0 Å². The van der Waals surface area contributed by atoms with Gasteiger partial charge < -0.3 is 165 Å². The first-order valence-corrected chi connectivity index (χ1v) is 30.0. The van der Waals surface area contributed by atoms with Crippen molar-refractivity contribution in [2.45, 2.75) is 98.9 Å². The smallest absolute Gasteiger partial charge is 0.549 e. The number of carbonyl (C=O) groups excluding carboxylic acids is 9. The van der Waals surface area contributed by atoms with Gasteiger partial charge in [0.25, 0.3) is 0 Å². The zero-order valence-electron chi connectivity index (χ0n) is 54.4. The van der Waals surface area contributed by atoms with Gasteiger partial charge in [0.15, 0.2) is 0 Å². The van der Waals surface area contributed by atoms with Crippen molar-refractivity contribution in [1.82, 2.24) is 24.5 Å². The number of rotatable bonds is 60. The van der Waals surface area contributed by atoms with E-state index in [0.29, 0.717) is 0 Å². The van der Waals surface area contributed by atoms with Crippen LogP contribution in [0.5, 0.6) is 0 Å². The van der Waals surface area contributed by atoms with Crippen molar-refractivity contribution < 1.29 is 224 Å². The van der Waals surface area contributed by atoms with E-state index in [9.17, 15) is 120 Å². The molecule has 0 rings (SSSR count). The molecule has 0 fully saturated rings. The average molecular weight is 1620 g/mol. The second-order valence-electron chi connectivity index (χ2n) is 20.9. The Balaban J connectivity index is -0.0000480. The Morgan fingerprint density at radius 3 is 0.743 bits per heavy atom. The first kappa shape index (κ1) is 98.8. The maximum atomic E-state index is 13.9. The molecule has 0 unspecified atom stereocenters. The van der Waals surface area contributed by atoms with Gasteiger partial charge in [0.05, 0.1) is 108 Å². The molecule has 0 spiro atoms. The summed E-state index contributed by atoms with van der Waals surface area (Å²) in [6.07, 6.45) is -18.0. The summed E-state index contributed by atoms with van der Waals surface area (Å²) in [6.45, 7) is -17.5. The molecule has 1 radical (unpaired) electrons. The van der Waals surface area contributed by atoms with Crippen LogP contribution in [0.15, 0.2) is 20.6 Å². The molecular weight excluding hydrogens is 1520 g/mol. The molecule has 0 heterocycles. The predicted molar refractivity (Wildman–Crippen MR) is 322 cm³/mol. The van der Waals surface area contributed by atoms with Crippen molar-refractivity contribution in [3.63, 3.8) is 0 Å². The minimum atomic E-state index is -1.76. The van der Waals surface area contributed by atoms with E-state index < -0.39 is 317 Å². The van der Waals surface area contributed by atoms with Gasteiger partial charge >= 0.3 is 63.8 Å². The summed E-state index contributed by atoms with van der Waals surface area (Å²) < 4.78 is 20.3. The van der Waals surface area contributed by atoms with Crippen LogP contribution >= 0.6 is 0 Å². The minimum Gasteiger partial charge on any atom is -0.549 e. The van der Waals surface area contributed by atoms with Crippen LogP contribution in [0.3, 0.4) is 0 Å². The van der Waals surface area contributed by atoms with Crippen molar-refractivity contribution in [2.24, 2.45) is 20.6 Å². The summed E-state index contributed by atoms with van der Waals surface area (Å²) in [5.74, 6) is -11.4. The van der Waals surface area contributed by atoms with Gasteiger partial charge in [0.2, 0.25) is 38.2 Å². The standard InChI is InChI=1S/C54H93N9O36.Gd.H2O/c64-26-38(72)51(88)34(68)1-5-55-96-30-47(84)92-17-13-62(14-18-93-48(85)31-97-56-6-2-35(69)52(89)39(73)27-65)42(76)21-60(24-45(80)81)11-9-59(23-44(78)79)10-12-61(25-46(82)83)22-43(77)63(15-19-94-49(86)32-98-57-7-3-36(70)53(90)40(74)28-66)16-20-95-50(87)33-99-58-8-4-37(71)54(91)41(75)29-67;;/h5-8,34-41,51-54,64-75,88-91H,1-4,9-33H2,(H,78,79)(H,80,81)(H,82,83);;1H2/q;+3;/p-3/b55-5+,56-6+,57-7+,58-8+;;/t34-,35-,36-,37-,38+,39+,40+,41+,51-,52-,53-,54-;;/m0../s1. The number of carboxylic acid groups (broad SMARTS) is 3. The van der Waals surface area contributed by atoms with Crippen LogP contribution in [0.25, 0.3) is 0 Å². The maximum Gasteiger partial charge on any atom is 3.00 e. The number of oxime groups is 4. The molecule has 0 aromatic rings. The Bertz CT molecular complexity index is 2200. The molecule has 0 aliphatic carbocycles. The monoisotopic (exact) mass is 1620 g/mol. The van der Waals surface area contributed by atoms with Crippen molar-refractivity contribution in [3.8, 4) is 0 Å². The van der Waals surface area contributed by atoms with Crippen LogP contribution < -0.4 is 15.3 Å². The number of carbonyl (C=O) groups is 9. The molecule has 0 aromatic heterocycles. The van der Waals surface area contributed by atoms with Crippen molar-refractivity contribution in [2.75, 3.05) is 164 Å². The van der Waals surface area contributed by atoms with E-state index in [0.717, 1.165) is 49.4 Å². The van der Waals surface area contributed by atoms with E-state index in [1.54, 1.807) is 0 Å². The van der Waals surface area contributed by atoms with E-state index in [4.69, 9.17) is 58.7 Å². The van der Waals surface area contributed by atoms with E-state index in [1.807, 2.05) is 0 Å². The number of aliphatic carboxylic acids is 3. The van der Waals surface area contributed by atoms with Crippen molar-refractivity contribution >= 4 is 78.5 Å². The molecule has 0 aliphatic rings. The van der Waals surface area contributed by atoms with Crippen LogP contribution in [0.2, 0.25) is 0 Å². The summed E-state index contributed by atoms with van der Waals surface area (Å²) in [5, 5.41) is 202. The molecule has 2 amide bonds. The molecule has 0 aliphatic heterocycles. The van der Waals surface area contributed by atoms with Gasteiger partial charge in [-0.3, -0.25) is 24.3 Å². The third-order valence-electron chi connectivity index (χ3n) is 13.1. The molecule has 583 valence electrons. The topological polar surface area (TPSA) is 717 Å². The van der Waals surface area contributed by atoms with Crippen LogP contribution in [-0.4, -0.2) is 428 Å². The Kier molecular flexibility index (Phi) is 57.8. The molecule has 0 aromatic carbocycles. The normalized spacial score (nSPS) is 15.2. The third-order valence-corrected chi connectivity index (χ3v) is 13.1. The van der Waals surface area contributed by atoms with Gasteiger partial charge in [-0.15, -0.1) is 0 Å². The summed E-state index contributed by atoms with van der Waals surface area (Å²) in [6, 6.07) is 0. The number of aliphatic hydroxyl groups excluding tert-OH is 16. The zero-order valence-corrected chi connectivity index (χ0v) is 56.7. The predicted octanol–water partition coefficient (Wildman–Crippen LogP) is -18.0. The summed E-state index contributed by atoms with van der Waals surface area (Å²) >= 11 is 0. The van der Waals surface area contributed by atoms with E-state index >= 15 is 0 Å². The summed E-state index contributed by atoms with van der Waals surface area (Å²) in [7, 11) is 0. The van der Waals surface area contributed by atoms with Crippen molar-refractivity contribution in [3.05, 3.63) is 0 Å². The molecule has 0 saturated heterocycles. The Labute approximate surface area is 607 Å². The zero-order chi connectivity index (χ0) is 74.8. The number of hydrogen-bond acceptors (Lipinski definition) is 43. The van der Waals surface area contributed by atoms with Crippen LogP contribution in [0.1, 0.15) is 25.7 Å². The van der Waals surface area contributed by atoms with E-state index in [-0.39, 0.29) is 45.4 Å². The SMILES string of the molecule is O.O=C([O-])CN(CCN(CC(=O)[O-])CC(=O)N(CCOC(=O)CO/N=C/C[C@H](O)[C@H](O)[C@H](O)CO)CCOC(=O)CO/N=C/C[C@H](O)[C@H](O)[C@H](O)CO)CCN(CC(=O)[O-])CC(=O)N(CCOC(=O)CO/N=C/C[C@H](O)[C@H](O)[C@H](O)CO)CCOC(=O)CO/N=C/C[C@H](O)[C@H](O)[C@H](O)CO.[Gd+3]. The molecule has 46 nitrogen and oxygen atoms in total. The summed E-state index contributed by atoms with van der Waals surface area (Å²) in [5.41, 5.74) is 0. The fourth-order valence-electron chi connectivity index (χ4n) is 7.55. The van der Waals surface area contributed by atoms with Crippen LogP contribution in [-0.2, 0) is 81.4 Å². The molecule has 0 bridgehead atoms. The minimum absolute atomic E-state index is 0. The quantitative estimate of drug-likeness (QED) is 0.0116. The van der Waals surface area contributed by atoms with Crippen LogP contribution in [0, 0.1) is 39.9 Å². The Morgan fingerprint density at radius 2 is 0.535 bits per heavy atom.